The molecule has 2 aromatic carbocycles. The molecule has 0 radical (unpaired) electrons. The number of nitrogens with one attached hydrogen (secondary N) is 1. The maximum Gasteiger partial charge on any atom is 0.228 e. The molecule has 0 aliphatic carbocycles. The van der Waals surface area contributed by atoms with Crippen molar-refractivity contribution < 1.29 is 9.90 Å². The molecular formula is C27H28N2O2S. The van der Waals surface area contributed by atoms with Crippen molar-refractivity contribution in [2.24, 2.45) is 5.92 Å². The van der Waals surface area contributed by atoms with Gasteiger partial charge in [0.05, 0.1) is 5.92 Å². The molecule has 1 aliphatic rings. The van der Waals surface area contributed by atoms with Gasteiger partial charge in [-0.3, -0.25) is 9.69 Å². The van der Waals surface area contributed by atoms with E-state index in [1.54, 1.807) is 11.3 Å². The smallest absolute Gasteiger partial charge is 0.228 e. The zero-order valence-electron chi connectivity index (χ0n) is 18.3. The van der Waals surface area contributed by atoms with Crippen LogP contribution in [0.3, 0.4) is 0 Å². The number of thiophene rings is 1. The highest BCUT2D eigenvalue weighted by molar-refractivity contribution is 7.10. The normalized spacial score (nSPS) is 16.2. The predicted molar refractivity (Wildman–Crippen MR) is 132 cm³/mol. The second-order valence-electron chi connectivity index (χ2n) is 8.28. The zero-order valence-corrected chi connectivity index (χ0v) is 19.1. The number of aliphatic hydroxyl groups is 1. The maximum atomic E-state index is 13.0. The van der Waals surface area contributed by atoms with E-state index in [-0.39, 0.29) is 18.4 Å². The van der Waals surface area contributed by atoms with Gasteiger partial charge in [-0.15, -0.1) is 11.3 Å². The van der Waals surface area contributed by atoms with Gasteiger partial charge in [0.15, 0.2) is 0 Å². The number of rotatable bonds is 5. The molecule has 32 heavy (non-hydrogen) atoms. The number of amides is 1. The van der Waals surface area contributed by atoms with E-state index in [2.05, 4.69) is 65.4 Å². The number of carbonyl (C=O) groups is 1. The first kappa shape index (κ1) is 22.3. The van der Waals surface area contributed by atoms with Gasteiger partial charge in [0.25, 0.3) is 0 Å². The number of likely N-dealkylation sites (tertiary alicyclic amines) is 1. The Hall–Kier alpha value is -2.91. The molecule has 1 atom stereocenters. The lowest BCUT2D eigenvalue weighted by Crippen LogP contribution is -2.40. The Morgan fingerprint density at radius 1 is 1.19 bits per heavy atom. The molecule has 0 spiro atoms. The highest BCUT2D eigenvalue weighted by Crippen LogP contribution is 2.26. The number of hydrogen-bond donors (Lipinski definition) is 2. The van der Waals surface area contributed by atoms with E-state index < -0.39 is 0 Å². The monoisotopic (exact) mass is 444 g/mol. The average Bonchev–Trinajstić information content (AvgIpc) is 3.25. The number of aryl methyl sites for hydroxylation is 1. The second kappa shape index (κ2) is 10.6. The van der Waals surface area contributed by atoms with Crippen molar-refractivity contribution in [3.05, 3.63) is 76.0 Å². The van der Waals surface area contributed by atoms with Crippen molar-refractivity contribution in [3.63, 3.8) is 0 Å². The van der Waals surface area contributed by atoms with Gasteiger partial charge in [0.2, 0.25) is 5.91 Å². The Bertz CT molecular complexity index is 1140. The molecule has 0 saturated carbocycles. The molecule has 1 aromatic heterocycles. The molecule has 4 nitrogen and oxygen atoms in total. The van der Waals surface area contributed by atoms with Crippen LogP contribution in [-0.2, 0) is 11.3 Å². The van der Waals surface area contributed by atoms with Crippen LogP contribution in [0.2, 0.25) is 0 Å². The molecule has 1 saturated heterocycles. The highest BCUT2D eigenvalue weighted by Gasteiger charge is 2.26. The number of aliphatic hydroxyl groups excluding tert-OH is 1. The summed E-state index contributed by atoms with van der Waals surface area (Å²) in [7, 11) is 0. The molecule has 164 valence electrons. The number of benzene rings is 2. The molecule has 4 rings (SSSR count). The first-order valence-corrected chi connectivity index (χ1v) is 11.9. The standard InChI is InChI=1S/C27H28N2O2S/c1-20-6-2-8-22(14-20)23-9-3-11-25(16-23)28-27(31)24-10-4-12-29(17-24)18-26-15-21(19-32-26)7-5-13-30/h2-3,6,8-9,11,14-16,19,24,30H,4,10,12-13,17-18H2,1H3,(H,28,31)/t24-/m0/s1. The predicted octanol–water partition coefficient (Wildman–Crippen LogP) is 4.92. The Kier molecular flexibility index (Phi) is 7.39. The van der Waals surface area contributed by atoms with Gasteiger partial charge in [-0.05, 0) is 55.6 Å². The van der Waals surface area contributed by atoms with E-state index >= 15 is 0 Å². The van der Waals surface area contributed by atoms with E-state index in [9.17, 15) is 4.79 Å². The van der Waals surface area contributed by atoms with Crippen LogP contribution < -0.4 is 5.32 Å². The summed E-state index contributed by atoms with van der Waals surface area (Å²) in [5.41, 5.74) is 5.27. The van der Waals surface area contributed by atoms with Gasteiger partial charge in [-0.2, -0.15) is 0 Å². The number of piperidine rings is 1. The van der Waals surface area contributed by atoms with Crippen molar-refractivity contribution in [1.82, 2.24) is 4.90 Å². The SMILES string of the molecule is Cc1cccc(-c2cccc(NC(=O)[C@H]3CCCN(Cc4cc(C#CCO)cs4)C3)c2)c1. The molecule has 2 N–H and O–H groups in total. The minimum Gasteiger partial charge on any atom is -0.384 e. The fraction of sp³-hybridized carbons (Fsp3) is 0.296. The molecule has 1 aliphatic heterocycles. The largest absolute Gasteiger partial charge is 0.384 e. The van der Waals surface area contributed by atoms with Crippen LogP contribution >= 0.6 is 11.3 Å². The van der Waals surface area contributed by atoms with Crippen LogP contribution in [0.15, 0.2) is 60.0 Å². The average molecular weight is 445 g/mol. The van der Waals surface area contributed by atoms with Crippen molar-refractivity contribution in [1.29, 1.82) is 0 Å². The molecule has 3 aromatic rings. The minimum atomic E-state index is -0.123. The van der Waals surface area contributed by atoms with E-state index in [4.69, 9.17) is 5.11 Å². The number of anilines is 1. The van der Waals surface area contributed by atoms with Crippen molar-refractivity contribution in [2.75, 3.05) is 25.0 Å². The van der Waals surface area contributed by atoms with Crippen molar-refractivity contribution in [2.45, 2.75) is 26.3 Å². The molecule has 0 unspecified atom stereocenters. The Balaban J connectivity index is 1.37. The van der Waals surface area contributed by atoms with Crippen LogP contribution in [0.4, 0.5) is 5.69 Å². The number of carbonyl (C=O) groups excluding carboxylic acids is 1. The first-order valence-electron chi connectivity index (χ1n) is 11.0. The van der Waals surface area contributed by atoms with Gasteiger partial charge in [-0.1, -0.05) is 53.8 Å². The van der Waals surface area contributed by atoms with Gasteiger partial charge >= 0.3 is 0 Å². The van der Waals surface area contributed by atoms with Gasteiger partial charge in [0.1, 0.15) is 6.61 Å². The minimum absolute atomic E-state index is 0.0139. The van der Waals surface area contributed by atoms with Crippen LogP contribution in [0, 0.1) is 24.7 Å². The highest BCUT2D eigenvalue weighted by atomic mass is 32.1. The zero-order chi connectivity index (χ0) is 22.3. The van der Waals surface area contributed by atoms with E-state index in [0.29, 0.717) is 0 Å². The van der Waals surface area contributed by atoms with Crippen molar-refractivity contribution in [3.8, 4) is 23.0 Å². The van der Waals surface area contributed by atoms with E-state index in [1.807, 2.05) is 23.6 Å². The maximum absolute atomic E-state index is 13.0. The molecule has 5 heteroatoms. The van der Waals surface area contributed by atoms with E-state index in [1.165, 1.54) is 10.4 Å². The quantitative estimate of drug-likeness (QED) is 0.550. The third-order valence-corrected chi connectivity index (χ3v) is 6.62. The summed E-state index contributed by atoms with van der Waals surface area (Å²) in [6.45, 7) is 4.56. The number of hydrogen-bond acceptors (Lipinski definition) is 4. The van der Waals surface area contributed by atoms with Crippen LogP contribution in [0.1, 0.15) is 28.8 Å². The fourth-order valence-corrected chi connectivity index (χ4v) is 5.01. The van der Waals surface area contributed by atoms with Crippen LogP contribution in [-0.4, -0.2) is 35.6 Å². The lowest BCUT2D eigenvalue weighted by molar-refractivity contribution is -0.121. The number of nitrogens with zero attached hydrogens (tertiary/aromatic N) is 1. The molecule has 1 fully saturated rings. The summed E-state index contributed by atoms with van der Waals surface area (Å²) in [5.74, 6) is 5.72. The molecule has 0 bridgehead atoms. The fourth-order valence-electron chi connectivity index (χ4n) is 4.15. The third kappa shape index (κ3) is 5.86. The summed E-state index contributed by atoms with van der Waals surface area (Å²) in [6, 6.07) is 18.6. The third-order valence-electron chi connectivity index (χ3n) is 5.70. The van der Waals surface area contributed by atoms with E-state index in [0.717, 1.165) is 54.9 Å². The van der Waals surface area contributed by atoms with Gasteiger partial charge in [0, 0.05) is 34.6 Å². The van der Waals surface area contributed by atoms with Crippen molar-refractivity contribution >= 4 is 22.9 Å². The molecular weight excluding hydrogens is 416 g/mol. The van der Waals surface area contributed by atoms with Gasteiger partial charge < -0.3 is 10.4 Å². The Labute approximate surface area is 193 Å². The van der Waals surface area contributed by atoms with Crippen LogP contribution in [0.5, 0.6) is 0 Å². The summed E-state index contributed by atoms with van der Waals surface area (Å²) in [6.07, 6.45) is 1.93. The summed E-state index contributed by atoms with van der Waals surface area (Å²) < 4.78 is 0. The Morgan fingerprint density at radius 3 is 2.81 bits per heavy atom. The molecule has 2 heterocycles. The first-order chi connectivity index (χ1) is 15.6. The molecule has 1 amide bonds. The Morgan fingerprint density at radius 2 is 2.00 bits per heavy atom. The van der Waals surface area contributed by atoms with Gasteiger partial charge in [-0.25, -0.2) is 0 Å². The summed E-state index contributed by atoms with van der Waals surface area (Å²) >= 11 is 1.68. The lowest BCUT2D eigenvalue weighted by Gasteiger charge is -2.31. The lowest BCUT2D eigenvalue weighted by atomic mass is 9.96. The summed E-state index contributed by atoms with van der Waals surface area (Å²) in [5, 5.41) is 14.0. The topological polar surface area (TPSA) is 52.6 Å². The van der Waals surface area contributed by atoms with Crippen LogP contribution in [0.25, 0.3) is 11.1 Å². The summed E-state index contributed by atoms with van der Waals surface area (Å²) in [4.78, 5) is 16.6. The second-order valence-corrected chi connectivity index (χ2v) is 9.27.